The first-order valence-electron chi connectivity index (χ1n) is 7.22. The highest BCUT2D eigenvalue weighted by Crippen LogP contribution is 2.36. The van der Waals surface area contributed by atoms with E-state index in [9.17, 15) is 14.4 Å². The van der Waals surface area contributed by atoms with Gasteiger partial charge < -0.3 is 9.73 Å². The molecule has 6 nitrogen and oxygen atoms in total. The van der Waals surface area contributed by atoms with Crippen molar-refractivity contribution in [2.75, 3.05) is 0 Å². The van der Waals surface area contributed by atoms with Gasteiger partial charge in [0.05, 0.1) is 6.54 Å². The molecule has 0 unspecified atom stereocenters. The van der Waals surface area contributed by atoms with Crippen LogP contribution in [0.5, 0.6) is 0 Å². The molecule has 1 aromatic heterocycles. The highest BCUT2D eigenvalue weighted by Gasteiger charge is 2.52. The lowest BCUT2D eigenvalue weighted by molar-refractivity contribution is -0.133. The molecule has 2 fully saturated rings. The maximum absolute atomic E-state index is 12.6. The van der Waals surface area contributed by atoms with E-state index < -0.39 is 5.54 Å². The number of carbonyl (C=O) groups is 3. The number of urea groups is 1. The topological polar surface area (TPSA) is 79.6 Å². The van der Waals surface area contributed by atoms with Crippen LogP contribution in [0.3, 0.4) is 0 Å². The summed E-state index contributed by atoms with van der Waals surface area (Å²) in [6, 6.07) is 2.76. The van der Waals surface area contributed by atoms with Crippen molar-refractivity contribution in [1.29, 1.82) is 0 Å². The van der Waals surface area contributed by atoms with Gasteiger partial charge in [-0.1, -0.05) is 6.92 Å². The zero-order valence-corrected chi connectivity index (χ0v) is 11.9. The molecule has 21 heavy (non-hydrogen) atoms. The Balaban J connectivity index is 1.76. The fraction of sp³-hybridized carbons (Fsp3) is 0.533. The predicted octanol–water partition coefficient (Wildman–Crippen LogP) is 2.09. The van der Waals surface area contributed by atoms with Gasteiger partial charge in [0.15, 0.2) is 12.0 Å². The van der Waals surface area contributed by atoms with E-state index in [1.54, 1.807) is 6.07 Å². The number of amides is 3. The Kier molecular flexibility index (Phi) is 3.31. The van der Waals surface area contributed by atoms with Crippen LogP contribution in [0.2, 0.25) is 0 Å². The van der Waals surface area contributed by atoms with Crippen LogP contribution in [0, 0.1) is 5.92 Å². The summed E-state index contributed by atoms with van der Waals surface area (Å²) in [6.07, 6.45) is 3.85. The molecular weight excluding hydrogens is 272 g/mol. The summed E-state index contributed by atoms with van der Waals surface area (Å²) < 4.78 is 5.24. The summed E-state index contributed by atoms with van der Waals surface area (Å²) >= 11 is 0. The highest BCUT2D eigenvalue weighted by atomic mass is 16.3. The minimum absolute atomic E-state index is 0.0653. The van der Waals surface area contributed by atoms with E-state index in [1.807, 2.05) is 0 Å². The zero-order chi connectivity index (χ0) is 15.0. The minimum atomic E-state index is -0.732. The van der Waals surface area contributed by atoms with Gasteiger partial charge in [0.25, 0.3) is 5.91 Å². The van der Waals surface area contributed by atoms with Gasteiger partial charge in [-0.05, 0) is 43.7 Å². The summed E-state index contributed by atoms with van der Waals surface area (Å²) in [7, 11) is 0. The molecule has 112 valence electrons. The fourth-order valence-electron chi connectivity index (χ4n) is 3.11. The first-order valence-corrected chi connectivity index (χ1v) is 7.22. The molecule has 0 bridgehead atoms. The number of aldehydes is 1. The Labute approximate surface area is 122 Å². The van der Waals surface area contributed by atoms with Gasteiger partial charge in [0.2, 0.25) is 0 Å². The average Bonchev–Trinajstić information content (AvgIpc) is 3.02. The van der Waals surface area contributed by atoms with Crippen LogP contribution in [-0.4, -0.2) is 28.7 Å². The van der Waals surface area contributed by atoms with Crippen molar-refractivity contribution in [3.8, 4) is 0 Å². The first kappa shape index (κ1) is 13.9. The molecule has 1 saturated carbocycles. The Morgan fingerprint density at radius 2 is 2.10 bits per heavy atom. The van der Waals surface area contributed by atoms with Crippen LogP contribution in [-0.2, 0) is 11.3 Å². The number of rotatable bonds is 3. The normalized spacial score (nSPS) is 29.0. The minimum Gasteiger partial charge on any atom is -0.456 e. The summed E-state index contributed by atoms with van der Waals surface area (Å²) in [5, 5.41) is 2.86. The lowest BCUT2D eigenvalue weighted by Gasteiger charge is -2.33. The fourth-order valence-corrected chi connectivity index (χ4v) is 3.11. The number of nitrogens with zero attached hydrogens (tertiary/aromatic N) is 1. The number of hydrogen-bond donors (Lipinski definition) is 1. The van der Waals surface area contributed by atoms with Gasteiger partial charge in [0.1, 0.15) is 11.3 Å². The molecule has 3 rings (SSSR count). The zero-order valence-electron chi connectivity index (χ0n) is 11.9. The molecule has 2 heterocycles. The second-order valence-corrected chi connectivity index (χ2v) is 6.01. The second-order valence-electron chi connectivity index (χ2n) is 6.01. The Morgan fingerprint density at radius 3 is 2.71 bits per heavy atom. The van der Waals surface area contributed by atoms with Crippen molar-refractivity contribution in [3.05, 3.63) is 23.7 Å². The summed E-state index contributed by atoms with van der Waals surface area (Å²) in [6.45, 7) is 2.23. The lowest BCUT2D eigenvalue weighted by atomic mass is 9.77. The molecule has 0 atom stereocenters. The van der Waals surface area contributed by atoms with Crippen molar-refractivity contribution >= 4 is 18.2 Å². The maximum Gasteiger partial charge on any atom is 0.325 e. The smallest absolute Gasteiger partial charge is 0.325 e. The van der Waals surface area contributed by atoms with Crippen molar-refractivity contribution in [1.82, 2.24) is 10.2 Å². The van der Waals surface area contributed by atoms with Crippen LogP contribution < -0.4 is 5.32 Å². The van der Waals surface area contributed by atoms with Crippen LogP contribution in [0.1, 0.15) is 48.9 Å². The lowest BCUT2D eigenvalue weighted by Crippen LogP contribution is -2.49. The maximum atomic E-state index is 12.6. The predicted molar refractivity (Wildman–Crippen MR) is 73.5 cm³/mol. The van der Waals surface area contributed by atoms with E-state index in [-0.39, 0.29) is 24.2 Å². The van der Waals surface area contributed by atoms with E-state index in [2.05, 4.69) is 12.2 Å². The molecule has 1 spiro atoms. The van der Waals surface area contributed by atoms with Gasteiger partial charge in [-0.25, -0.2) is 4.79 Å². The molecule has 1 saturated heterocycles. The van der Waals surface area contributed by atoms with E-state index in [0.717, 1.165) is 12.8 Å². The molecule has 1 aliphatic heterocycles. The van der Waals surface area contributed by atoms with Gasteiger partial charge in [-0.15, -0.1) is 0 Å². The Hall–Kier alpha value is -2.11. The molecule has 1 N–H and O–H groups in total. The third-order valence-corrected chi connectivity index (χ3v) is 4.49. The second kappa shape index (κ2) is 5.02. The van der Waals surface area contributed by atoms with E-state index in [0.29, 0.717) is 30.8 Å². The Morgan fingerprint density at radius 1 is 1.38 bits per heavy atom. The number of furan rings is 1. The molecule has 6 heteroatoms. The van der Waals surface area contributed by atoms with E-state index >= 15 is 0 Å². The van der Waals surface area contributed by atoms with Gasteiger partial charge in [-0.2, -0.15) is 0 Å². The molecule has 1 aromatic rings. The number of nitrogens with one attached hydrogen (secondary N) is 1. The monoisotopic (exact) mass is 290 g/mol. The average molecular weight is 290 g/mol. The van der Waals surface area contributed by atoms with Crippen LogP contribution in [0.25, 0.3) is 0 Å². The quantitative estimate of drug-likeness (QED) is 0.683. The van der Waals surface area contributed by atoms with Crippen LogP contribution in [0.15, 0.2) is 16.5 Å². The van der Waals surface area contributed by atoms with Crippen molar-refractivity contribution < 1.29 is 18.8 Å². The van der Waals surface area contributed by atoms with Crippen LogP contribution >= 0.6 is 0 Å². The first-order chi connectivity index (χ1) is 10.0. The standard InChI is InChI=1S/C15H18N2O4/c1-10-4-6-15(7-5-10)13(19)17(14(20)16-15)8-11-2-3-12(9-18)21-11/h2-3,9-10H,4-8H2,1H3,(H,16,20). The summed E-state index contributed by atoms with van der Waals surface area (Å²) in [4.78, 5) is 36.5. The van der Waals surface area contributed by atoms with E-state index in [4.69, 9.17) is 4.42 Å². The molecule has 2 aliphatic rings. The molecule has 0 aromatic carbocycles. The van der Waals surface area contributed by atoms with E-state index in [1.165, 1.54) is 11.0 Å². The molecule has 1 aliphatic carbocycles. The molecular formula is C15H18N2O4. The van der Waals surface area contributed by atoms with Crippen molar-refractivity contribution in [2.45, 2.75) is 44.7 Å². The number of imide groups is 1. The van der Waals surface area contributed by atoms with Crippen molar-refractivity contribution in [3.63, 3.8) is 0 Å². The third kappa shape index (κ3) is 2.34. The Bertz CT molecular complexity index is 584. The number of carbonyl (C=O) groups excluding carboxylic acids is 3. The SMILES string of the molecule is CC1CCC2(CC1)NC(=O)N(Cc1ccc(C=O)o1)C2=O. The van der Waals surface area contributed by atoms with Gasteiger partial charge >= 0.3 is 6.03 Å². The summed E-state index contributed by atoms with van der Waals surface area (Å²) in [5.74, 6) is 1.04. The van der Waals surface area contributed by atoms with Gasteiger partial charge in [0, 0.05) is 0 Å². The molecule has 3 amide bonds. The number of hydrogen-bond acceptors (Lipinski definition) is 4. The molecule has 0 radical (unpaired) electrons. The highest BCUT2D eigenvalue weighted by molar-refractivity contribution is 6.07. The van der Waals surface area contributed by atoms with Crippen molar-refractivity contribution in [2.24, 2.45) is 5.92 Å². The van der Waals surface area contributed by atoms with Gasteiger partial charge in [-0.3, -0.25) is 14.5 Å². The third-order valence-electron chi connectivity index (χ3n) is 4.49. The largest absolute Gasteiger partial charge is 0.456 e. The summed E-state index contributed by atoms with van der Waals surface area (Å²) in [5.41, 5.74) is -0.732. The van der Waals surface area contributed by atoms with Crippen LogP contribution in [0.4, 0.5) is 4.79 Å².